The van der Waals surface area contributed by atoms with E-state index in [4.69, 9.17) is 4.74 Å². The van der Waals surface area contributed by atoms with Crippen molar-refractivity contribution < 1.29 is 23.9 Å². The van der Waals surface area contributed by atoms with Crippen LogP contribution in [0.25, 0.3) is 6.08 Å². The Balaban J connectivity index is 1.88. The van der Waals surface area contributed by atoms with Crippen molar-refractivity contribution in [3.8, 4) is 0 Å². The summed E-state index contributed by atoms with van der Waals surface area (Å²) in [5, 5.41) is 7.57. The molecule has 2 aromatic rings. The molecule has 0 atom stereocenters. The zero-order chi connectivity index (χ0) is 23.7. The van der Waals surface area contributed by atoms with Crippen LogP contribution in [-0.2, 0) is 23.9 Å². The molecule has 0 saturated heterocycles. The van der Waals surface area contributed by atoms with Crippen LogP contribution in [0.5, 0.6) is 0 Å². The highest BCUT2D eigenvalue weighted by Gasteiger charge is 2.16. The summed E-state index contributed by atoms with van der Waals surface area (Å²) < 4.78 is 4.98. The number of carbonyl (C=O) groups is 4. The van der Waals surface area contributed by atoms with Gasteiger partial charge in [0, 0.05) is 12.6 Å². The van der Waals surface area contributed by atoms with Crippen LogP contribution in [0.3, 0.4) is 0 Å². The quantitative estimate of drug-likeness (QED) is 0.433. The Morgan fingerprint density at radius 3 is 2.16 bits per heavy atom. The molecule has 0 aromatic heterocycles. The van der Waals surface area contributed by atoms with Gasteiger partial charge in [0.25, 0.3) is 5.91 Å². The van der Waals surface area contributed by atoms with Crippen LogP contribution in [-0.4, -0.2) is 36.8 Å². The van der Waals surface area contributed by atoms with Crippen LogP contribution in [0, 0.1) is 20.8 Å². The second kappa shape index (κ2) is 11.5. The van der Waals surface area contributed by atoms with Crippen molar-refractivity contribution in [3.05, 3.63) is 70.4 Å². The lowest BCUT2D eigenvalue weighted by Gasteiger charge is -2.13. The third-order valence-electron chi connectivity index (χ3n) is 4.36. The maximum absolute atomic E-state index is 12.3. The molecule has 3 amide bonds. The normalized spacial score (nSPS) is 10.8. The molecule has 0 aliphatic carbocycles. The number of hydrogen-bond donors (Lipinski definition) is 3. The highest BCUT2D eigenvalue weighted by Crippen LogP contribution is 2.21. The van der Waals surface area contributed by atoms with E-state index in [-0.39, 0.29) is 12.2 Å². The number of rotatable bonds is 8. The van der Waals surface area contributed by atoms with E-state index in [1.54, 1.807) is 24.3 Å². The fourth-order valence-electron chi connectivity index (χ4n) is 3.05. The first-order chi connectivity index (χ1) is 15.2. The van der Waals surface area contributed by atoms with Crippen molar-refractivity contribution in [1.82, 2.24) is 10.6 Å². The van der Waals surface area contributed by atoms with Crippen molar-refractivity contribution in [2.45, 2.75) is 27.7 Å². The van der Waals surface area contributed by atoms with Crippen LogP contribution < -0.4 is 16.0 Å². The van der Waals surface area contributed by atoms with Gasteiger partial charge in [0.05, 0.1) is 6.54 Å². The third kappa shape index (κ3) is 7.71. The molecule has 0 fully saturated rings. The molecule has 0 bridgehead atoms. The number of ether oxygens (including phenoxy) is 1. The average molecular weight is 437 g/mol. The monoisotopic (exact) mass is 437 g/mol. The standard InChI is InChI=1S/C24H27N3O5/c1-15-10-16(2)23(17(3)11-15)27-21(29)13-25-22(30)14-32-24(31)20(26-18(4)28)12-19-8-6-5-7-9-19/h5-12H,13-14H2,1-4H3,(H,25,30)(H,26,28)(H,27,29)/b20-12-. The number of carbonyl (C=O) groups excluding carboxylic acids is 4. The van der Waals surface area contributed by atoms with Crippen LogP contribution in [0.15, 0.2) is 48.2 Å². The number of benzene rings is 2. The summed E-state index contributed by atoms with van der Waals surface area (Å²) >= 11 is 0. The summed E-state index contributed by atoms with van der Waals surface area (Å²) in [6.45, 7) is 6.14. The molecule has 168 valence electrons. The first-order valence-corrected chi connectivity index (χ1v) is 10.0. The van der Waals surface area contributed by atoms with Gasteiger partial charge in [-0.1, -0.05) is 48.0 Å². The SMILES string of the molecule is CC(=O)N/C(=C\c1ccccc1)C(=O)OCC(=O)NCC(=O)Nc1c(C)cc(C)cc1C. The van der Waals surface area contributed by atoms with E-state index < -0.39 is 30.3 Å². The Kier molecular flexibility index (Phi) is 8.71. The molecule has 8 nitrogen and oxygen atoms in total. The lowest BCUT2D eigenvalue weighted by atomic mass is 10.1. The molecule has 32 heavy (non-hydrogen) atoms. The number of aryl methyl sites for hydroxylation is 3. The Labute approximate surface area is 187 Å². The fraction of sp³-hybridized carbons (Fsp3) is 0.250. The van der Waals surface area contributed by atoms with Crippen molar-refractivity contribution in [2.75, 3.05) is 18.5 Å². The molecule has 3 N–H and O–H groups in total. The minimum absolute atomic E-state index is 0.0976. The average Bonchev–Trinajstić information content (AvgIpc) is 2.73. The summed E-state index contributed by atoms with van der Waals surface area (Å²) in [6.07, 6.45) is 1.45. The van der Waals surface area contributed by atoms with Gasteiger partial charge in [0.15, 0.2) is 6.61 Å². The van der Waals surface area contributed by atoms with E-state index in [0.29, 0.717) is 11.3 Å². The zero-order valence-electron chi connectivity index (χ0n) is 18.6. The molecule has 0 unspecified atom stereocenters. The Bertz CT molecular complexity index is 1020. The second-order valence-electron chi connectivity index (χ2n) is 7.32. The van der Waals surface area contributed by atoms with E-state index >= 15 is 0 Å². The summed E-state index contributed by atoms with van der Waals surface area (Å²) in [5.41, 5.74) is 4.22. The van der Waals surface area contributed by atoms with E-state index in [9.17, 15) is 19.2 Å². The molecule has 2 aromatic carbocycles. The highest BCUT2D eigenvalue weighted by molar-refractivity contribution is 5.99. The Morgan fingerprint density at radius 1 is 0.938 bits per heavy atom. The highest BCUT2D eigenvalue weighted by atomic mass is 16.5. The maximum Gasteiger partial charge on any atom is 0.355 e. The van der Waals surface area contributed by atoms with Crippen LogP contribution in [0.4, 0.5) is 5.69 Å². The van der Waals surface area contributed by atoms with Gasteiger partial charge in [-0.25, -0.2) is 4.79 Å². The predicted molar refractivity (Wildman–Crippen MR) is 121 cm³/mol. The molecule has 0 spiro atoms. The number of esters is 1. The molecular formula is C24H27N3O5. The molecule has 0 aliphatic rings. The maximum atomic E-state index is 12.3. The zero-order valence-corrected chi connectivity index (χ0v) is 18.6. The first-order valence-electron chi connectivity index (χ1n) is 10.0. The van der Waals surface area contributed by atoms with Gasteiger partial charge in [-0.05, 0) is 43.5 Å². The van der Waals surface area contributed by atoms with Gasteiger partial charge in [0.2, 0.25) is 11.8 Å². The minimum Gasteiger partial charge on any atom is -0.451 e. The van der Waals surface area contributed by atoms with Gasteiger partial charge >= 0.3 is 5.97 Å². The summed E-state index contributed by atoms with van der Waals surface area (Å²) in [7, 11) is 0. The summed E-state index contributed by atoms with van der Waals surface area (Å²) in [4.78, 5) is 47.9. The second-order valence-corrected chi connectivity index (χ2v) is 7.32. The smallest absolute Gasteiger partial charge is 0.355 e. The van der Waals surface area contributed by atoms with Crippen LogP contribution in [0.2, 0.25) is 0 Å². The number of anilines is 1. The molecule has 0 aliphatic heterocycles. The van der Waals surface area contributed by atoms with Gasteiger partial charge < -0.3 is 20.7 Å². The van der Waals surface area contributed by atoms with Crippen molar-refractivity contribution in [3.63, 3.8) is 0 Å². The number of hydrogen-bond acceptors (Lipinski definition) is 5. The van der Waals surface area contributed by atoms with Crippen LogP contribution in [0.1, 0.15) is 29.2 Å². The van der Waals surface area contributed by atoms with E-state index in [0.717, 1.165) is 16.7 Å². The van der Waals surface area contributed by atoms with E-state index in [1.165, 1.54) is 13.0 Å². The molecule has 0 heterocycles. The third-order valence-corrected chi connectivity index (χ3v) is 4.36. The van der Waals surface area contributed by atoms with E-state index in [1.807, 2.05) is 39.0 Å². The Morgan fingerprint density at radius 2 is 1.56 bits per heavy atom. The minimum atomic E-state index is -0.866. The van der Waals surface area contributed by atoms with E-state index in [2.05, 4.69) is 16.0 Å². The van der Waals surface area contributed by atoms with Crippen molar-refractivity contribution >= 4 is 35.5 Å². The van der Waals surface area contributed by atoms with Gasteiger partial charge in [-0.2, -0.15) is 0 Å². The molecule has 8 heteroatoms. The molecule has 0 radical (unpaired) electrons. The van der Waals surface area contributed by atoms with Crippen LogP contribution >= 0.6 is 0 Å². The summed E-state index contributed by atoms with van der Waals surface area (Å²) in [6, 6.07) is 12.8. The topological polar surface area (TPSA) is 114 Å². The van der Waals surface area contributed by atoms with Gasteiger partial charge in [0.1, 0.15) is 5.70 Å². The van der Waals surface area contributed by atoms with Gasteiger partial charge in [-0.3, -0.25) is 14.4 Å². The largest absolute Gasteiger partial charge is 0.451 e. The fourth-order valence-corrected chi connectivity index (χ4v) is 3.05. The lowest BCUT2D eigenvalue weighted by Crippen LogP contribution is -2.36. The molecular weight excluding hydrogens is 410 g/mol. The lowest BCUT2D eigenvalue weighted by molar-refractivity contribution is -0.145. The Hall–Kier alpha value is -3.94. The van der Waals surface area contributed by atoms with Gasteiger partial charge in [-0.15, -0.1) is 0 Å². The molecule has 2 rings (SSSR count). The molecule has 0 saturated carbocycles. The number of nitrogens with one attached hydrogen (secondary N) is 3. The number of amides is 3. The van der Waals surface area contributed by atoms with Crippen molar-refractivity contribution in [2.24, 2.45) is 0 Å². The first kappa shape index (κ1) is 24.3. The summed E-state index contributed by atoms with van der Waals surface area (Å²) in [5.74, 6) is -2.36. The van der Waals surface area contributed by atoms with Crippen molar-refractivity contribution in [1.29, 1.82) is 0 Å². The predicted octanol–water partition coefficient (Wildman–Crippen LogP) is 2.39.